The SMILES string of the molecule is CCC1CCC(CO)C(C)C1. The monoisotopic (exact) mass is 156 g/mol. The van der Waals surface area contributed by atoms with Gasteiger partial charge in [-0.05, 0) is 30.6 Å². The number of hydrogen-bond donors (Lipinski definition) is 1. The Morgan fingerprint density at radius 3 is 2.55 bits per heavy atom. The maximum atomic E-state index is 9.02. The predicted molar refractivity (Wildman–Crippen MR) is 47.4 cm³/mol. The van der Waals surface area contributed by atoms with E-state index in [2.05, 4.69) is 13.8 Å². The molecule has 1 nitrogen and oxygen atoms in total. The zero-order valence-electron chi connectivity index (χ0n) is 7.71. The fourth-order valence-corrected chi connectivity index (χ4v) is 2.21. The summed E-state index contributed by atoms with van der Waals surface area (Å²) in [6, 6.07) is 0. The van der Waals surface area contributed by atoms with Crippen LogP contribution >= 0.6 is 0 Å². The second-order valence-electron chi connectivity index (χ2n) is 4.01. The van der Waals surface area contributed by atoms with E-state index in [-0.39, 0.29) is 0 Å². The fraction of sp³-hybridized carbons (Fsp3) is 1.00. The molecule has 3 unspecified atom stereocenters. The molecule has 0 amide bonds. The van der Waals surface area contributed by atoms with E-state index in [1.165, 1.54) is 25.7 Å². The first-order valence-corrected chi connectivity index (χ1v) is 4.88. The molecule has 66 valence electrons. The van der Waals surface area contributed by atoms with Gasteiger partial charge < -0.3 is 5.11 Å². The van der Waals surface area contributed by atoms with Crippen LogP contribution in [0.3, 0.4) is 0 Å². The van der Waals surface area contributed by atoms with Crippen molar-refractivity contribution in [2.75, 3.05) is 6.61 Å². The van der Waals surface area contributed by atoms with Gasteiger partial charge in [0.1, 0.15) is 0 Å². The fourth-order valence-electron chi connectivity index (χ4n) is 2.21. The standard InChI is InChI=1S/C10H20O/c1-3-9-4-5-10(7-11)8(2)6-9/h8-11H,3-7H2,1-2H3. The molecule has 3 atom stereocenters. The second kappa shape index (κ2) is 4.10. The highest BCUT2D eigenvalue weighted by Crippen LogP contribution is 2.34. The van der Waals surface area contributed by atoms with E-state index in [4.69, 9.17) is 5.11 Å². The topological polar surface area (TPSA) is 20.2 Å². The molecule has 0 aliphatic heterocycles. The van der Waals surface area contributed by atoms with Crippen LogP contribution in [0.1, 0.15) is 39.5 Å². The molecule has 0 aromatic rings. The third-order valence-corrected chi connectivity index (χ3v) is 3.27. The number of rotatable bonds is 2. The molecule has 11 heavy (non-hydrogen) atoms. The Kier molecular flexibility index (Phi) is 3.38. The maximum absolute atomic E-state index is 9.02. The van der Waals surface area contributed by atoms with E-state index >= 15 is 0 Å². The summed E-state index contributed by atoms with van der Waals surface area (Å²) in [4.78, 5) is 0. The molecule has 0 aromatic heterocycles. The minimum Gasteiger partial charge on any atom is -0.396 e. The van der Waals surface area contributed by atoms with Gasteiger partial charge >= 0.3 is 0 Å². The first-order valence-electron chi connectivity index (χ1n) is 4.88. The summed E-state index contributed by atoms with van der Waals surface area (Å²) in [5.74, 6) is 2.28. The van der Waals surface area contributed by atoms with Gasteiger partial charge in [0.05, 0.1) is 0 Å². The summed E-state index contributed by atoms with van der Waals surface area (Å²) in [7, 11) is 0. The molecular formula is C10H20O. The Balaban J connectivity index is 2.34. The van der Waals surface area contributed by atoms with Crippen LogP contribution in [0, 0.1) is 17.8 Å². The van der Waals surface area contributed by atoms with Gasteiger partial charge in [0, 0.05) is 6.61 Å². The molecule has 1 heteroatoms. The maximum Gasteiger partial charge on any atom is 0.0461 e. The lowest BCUT2D eigenvalue weighted by atomic mass is 9.74. The zero-order chi connectivity index (χ0) is 8.27. The lowest BCUT2D eigenvalue weighted by Crippen LogP contribution is -2.24. The quantitative estimate of drug-likeness (QED) is 0.651. The minimum atomic E-state index is 0.400. The van der Waals surface area contributed by atoms with E-state index in [9.17, 15) is 0 Å². The zero-order valence-corrected chi connectivity index (χ0v) is 7.71. The average molecular weight is 156 g/mol. The van der Waals surface area contributed by atoms with Crippen molar-refractivity contribution in [2.24, 2.45) is 17.8 Å². The van der Waals surface area contributed by atoms with Crippen LogP contribution in [-0.2, 0) is 0 Å². The van der Waals surface area contributed by atoms with Crippen molar-refractivity contribution < 1.29 is 5.11 Å². The molecule has 0 bridgehead atoms. The van der Waals surface area contributed by atoms with Gasteiger partial charge in [-0.15, -0.1) is 0 Å². The molecule has 1 rings (SSSR count). The third kappa shape index (κ3) is 2.19. The minimum absolute atomic E-state index is 0.400. The van der Waals surface area contributed by atoms with Gasteiger partial charge in [-0.25, -0.2) is 0 Å². The van der Waals surface area contributed by atoms with E-state index in [0.29, 0.717) is 12.5 Å². The summed E-state index contributed by atoms with van der Waals surface area (Å²) in [6.45, 7) is 4.96. The summed E-state index contributed by atoms with van der Waals surface area (Å²) in [5, 5.41) is 9.02. The van der Waals surface area contributed by atoms with Gasteiger partial charge in [0.2, 0.25) is 0 Å². The molecule has 1 aliphatic rings. The van der Waals surface area contributed by atoms with Crippen molar-refractivity contribution in [3.8, 4) is 0 Å². The molecule has 0 heterocycles. The Morgan fingerprint density at radius 2 is 2.09 bits per heavy atom. The Bertz CT molecular complexity index is 111. The van der Waals surface area contributed by atoms with Crippen LogP contribution in [0.2, 0.25) is 0 Å². The predicted octanol–water partition coefficient (Wildman–Crippen LogP) is 2.44. The molecule has 1 N–H and O–H groups in total. The molecule has 1 fully saturated rings. The van der Waals surface area contributed by atoms with Crippen LogP contribution in [-0.4, -0.2) is 11.7 Å². The van der Waals surface area contributed by atoms with E-state index in [1.54, 1.807) is 0 Å². The summed E-state index contributed by atoms with van der Waals surface area (Å²) >= 11 is 0. The number of aliphatic hydroxyl groups excluding tert-OH is 1. The smallest absolute Gasteiger partial charge is 0.0461 e. The van der Waals surface area contributed by atoms with Gasteiger partial charge in [-0.3, -0.25) is 0 Å². The lowest BCUT2D eigenvalue weighted by Gasteiger charge is -2.32. The van der Waals surface area contributed by atoms with Crippen LogP contribution in [0.4, 0.5) is 0 Å². The first-order chi connectivity index (χ1) is 5.27. The molecule has 0 aromatic carbocycles. The summed E-state index contributed by atoms with van der Waals surface area (Å²) in [5.41, 5.74) is 0. The third-order valence-electron chi connectivity index (χ3n) is 3.27. The van der Waals surface area contributed by atoms with Crippen molar-refractivity contribution in [3.63, 3.8) is 0 Å². The van der Waals surface area contributed by atoms with Gasteiger partial charge in [-0.1, -0.05) is 26.7 Å². The summed E-state index contributed by atoms with van der Waals surface area (Å²) in [6.07, 6.45) is 5.24. The highest BCUT2D eigenvalue weighted by atomic mass is 16.3. The number of aliphatic hydroxyl groups is 1. The molecule has 0 radical (unpaired) electrons. The lowest BCUT2D eigenvalue weighted by molar-refractivity contribution is 0.116. The van der Waals surface area contributed by atoms with Gasteiger partial charge in [0.15, 0.2) is 0 Å². The van der Waals surface area contributed by atoms with Gasteiger partial charge in [0.25, 0.3) is 0 Å². The average Bonchev–Trinajstić information content (AvgIpc) is 2.04. The van der Waals surface area contributed by atoms with E-state index in [1.807, 2.05) is 0 Å². The van der Waals surface area contributed by atoms with Crippen molar-refractivity contribution in [1.82, 2.24) is 0 Å². The highest BCUT2D eigenvalue weighted by Gasteiger charge is 2.25. The first kappa shape index (κ1) is 9.05. The second-order valence-corrected chi connectivity index (χ2v) is 4.01. The molecule has 1 aliphatic carbocycles. The molecule has 0 saturated heterocycles. The van der Waals surface area contributed by atoms with Crippen LogP contribution in [0.15, 0.2) is 0 Å². The van der Waals surface area contributed by atoms with Crippen molar-refractivity contribution in [3.05, 3.63) is 0 Å². The van der Waals surface area contributed by atoms with E-state index in [0.717, 1.165) is 11.8 Å². The van der Waals surface area contributed by atoms with Crippen LogP contribution in [0.25, 0.3) is 0 Å². The Labute approximate surface area is 69.8 Å². The van der Waals surface area contributed by atoms with Crippen molar-refractivity contribution in [2.45, 2.75) is 39.5 Å². The van der Waals surface area contributed by atoms with Crippen LogP contribution < -0.4 is 0 Å². The Morgan fingerprint density at radius 1 is 1.36 bits per heavy atom. The van der Waals surface area contributed by atoms with Crippen molar-refractivity contribution in [1.29, 1.82) is 0 Å². The molecule has 0 spiro atoms. The normalized spacial score (nSPS) is 39.0. The van der Waals surface area contributed by atoms with E-state index < -0.39 is 0 Å². The van der Waals surface area contributed by atoms with Crippen molar-refractivity contribution >= 4 is 0 Å². The summed E-state index contributed by atoms with van der Waals surface area (Å²) < 4.78 is 0. The number of hydrogen-bond acceptors (Lipinski definition) is 1. The molecular weight excluding hydrogens is 136 g/mol. The largest absolute Gasteiger partial charge is 0.396 e. The van der Waals surface area contributed by atoms with Crippen LogP contribution in [0.5, 0.6) is 0 Å². The van der Waals surface area contributed by atoms with Gasteiger partial charge in [-0.2, -0.15) is 0 Å². The molecule has 1 saturated carbocycles. The highest BCUT2D eigenvalue weighted by molar-refractivity contribution is 4.76. The Hall–Kier alpha value is -0.0400.